The van der Waals surface area contributed by atoms with Crippen molar-refractivity contribution in [1.82, 2.24) is 15.5 Å². The Morgan fingerprint density at radius 1 is 1.35 bits per heavy atom. The van der Waals surface area contributed by atoms with Gasteiger partial charge in [0.15, 0.2) is 0 Å². The van der Waals surface area contributed by atoms with Crippen molar-refractivity contribution in [2.75, 3.05) is 0 Å². The molecule has 1 aromatic heterocycles. The smallest absolute Gasteiger partial charge is 0.282 e. The summed E-state index contributed by atoms with van der Waals surface area (Å²) in [6.07, 6.45) is 0. The van der Waals surface area contributed by atoms with Gasteiger partial charge in [0.2, 0.25) is 9.47 Å². The van der Waals surface area contributed by atoms with Crippen LogP contribution in [0.1, 0.15) is 28.3 Å². The Bertz CT molecular complexity index is 514. The number of nitrogens with zero attached hydrogens (tertiary/aromatic N) is 2. The molecule has 0 aliphatic heterocycles. The van der Waals surface area contributed by atoms with E-state index in [9.17, 15) is 4.79 Å². The first-order chi connectivity index (χ1) is 8.16. The maximum atomic E-state index is 11.8. The van der Waals surface area contributed by atoms with Gasteiger partial charge in [-0.3, -0.25) is 4.79 Å². The van der Waals surface area contributed by atoms with Gasteiger partial charge in [0.25, 0.3) is 5.91 Å². The summed E-state index contributed by atoms with van der Waals surface area (Å²) in [5.74, 6) is -0.259. The van der Waals surface area contributed by atoms with Gasteiger partial charge in [-0.1, -0.05) is 41.7 Å². The van der Waals surface area contributed by atoms with E-state index in [-0.39, 0.29) is 21.4 Å². The predicted molar refractivity (Wildman–Crippen MR) is 67.2 cm³/mol. The van der Waals surface area contributed by atoms with Crippen molar-refractivity contribution >= 4 is 28.8 Å². The maximum Gasteiger partial charge on any atom is 0.282 e. The summed E-state index contributed by atoms with van der Waals surface area (Å²) in [6.45, 7) is 1.91. The average molecular weight is 268 g/mol. The van der Waals surface area contributed by atoms with Crippen molar-refractivity contribution in [2.24, 2.45) is 0 Å². The fourth-order valence-electron chi connectivity index (χ4n) is 1.38. The van der Waals surface area contributed by atoms with Crippen LogP contribution in [-0.4, -0.2) is 16.1 Å². The Morgan fingerprint density at radius 2 is 2.06 bits per heavy atom. The van der Waals surface area contributed by atoms with E-state index < -0.39 is 0 Å². The number of aromatic nitrogens is 2. The lowest BCUT2D eigenvalue weighted by atomic mass is 10.1. The highest BCUT2D eigenvalue weighted by Crippen LogP contribution is 2.17. The largest absolute Gasteiger partial charge is 0.343 e. The third kappa shape index (κ3) is 3.01. The van der Waals surface area contributed by atoms with Crippen molar-refractivity contribution in [2.45, 2.75) is 13.0 Å². The summed E-state index contributed by atoms with van der Waals surface area (Å²) < 4.78 is 0.266. The lowest BCUT2D eigenvalue weighted by Crippen LogP contribution is -2.26. The molecule has 0 fully saturated rings. The van der Waals surface area contributed by atoms with Gasteiger partial charge in [-0.2, -0.15) is 0 Å². The Hall–Kier alpha value is -1.46. The molecule has 0 aliphatic rings. The molecule has 0 saturated heterocycles. The molecule has 0 aliphatic carbocycles. The molecule has 0 saturated carbocycles. The lowest BCUT2D eigenvalue weighted by Gasteiger charge is -2.12. The van der Waals surface area contributed by atoms with E-state index in [1.165, 1.54) is 0 Å². The summed E-state index contributed by atoms with van der Waals surface area (Å²) in [4.78, 5) is 11.8. The highest BCUT2D eigenvalue weighted by atomic mass is 35.5. The molecule has 0 bridgehead atoms. The maximum absolute atomic E-state index is 11.8. The first-order valence-electron chi connectivity index (χ1n) is 5.01. The Balaban J connectivity index is 2.04. The lowest BCUT2D eigenvalue weighted by molar-refractivity contribution is 0.0939. The van der Waals surface area contributed by atoms with Gasteiger partial charge in [0.05, 0.1) is 6.04 Å². The molecule has 0 radical (unpaired) electrons. The Labute approximate surface area is 108 Å². The number of nitrogens with one attached hydrogen (secondary N) is 1. The SMILES string of the molecule is C[C@H](NC(=O)c1nnc(Cl)s1)c1ccccc1. The van der Waals surface area contributed by atoms with Crippen LogP contribution in [-0.2, 0) is 0 Å². The van der Waals surface area contributed by atoms with Crippen molar-refractivity contribution in [3.05, 3.63) is 45.4 Å². The molecular formula is C11H10ClN3OS. The second kappa shape index (κ2) is 5.25. The molecule has 1 amide bonds. The molecule has 1 N–H and O–H groups in total. The fraction of sp³-hybridized carbons (Fsp3) is 0.182. The van der Waals surface area contributed by atoms with Gasteiger partial charge < -0.3 is 5.32 Å². The standard InChI is InChI=1S/C11H10ClN3OS/c1-7(8-5-3-2-4-6-8)13-9(16)10-14-15-11(12)17-10/h2-7H,1H3,(H,13,16)/t7-/m0/s1. The minimum Gasteiger partial charge on any atom is -0.343 e. The number of hydrogen-bond acceptors (Lipinski definition) is 4. The van der Waals surface area contributed by atoms with Crippen LogP contribution in [0, 0.1) is 0 Å². The molecule has 4 nitrogen and oxygen atoms in total. The highest BCUT2D eigenvalue weighted by molar-refractivity contribution is 7.17. The van der Waals surface area contributed by atoms with Gasteiger partial charge in [-0.25, -0.2) is 0 Å². The third-order valence-electron chi connectivity index (χ3n) is 2.24. The van der Waals surface area contributed by atoms with E-state index in [1.54, 1.807) is 0 Å². The summed E-state index contributed by atoms with van der Waals surface area (Å²) in [7, 11) is 0. The van der Waals surface area contributed by atoms with Crippen LogP contribution in [0.15, 0.2) is 30.3 Å². The molecule has 1 heterocycles. The molecule has 6 heteroatoms. The number of rotatable bonds is 3. The molecule has 2 aromatic rings. The van der Waals surface area contributed by atoms with Gasteiger partial charge in [-0.15, -0.1) is 10.2 Å². The van der Waals surface area contributed by atoms with Crippen LogP contribution in [0.3, 0.4) is 0 Å². The van der Waals surface area contributed by atoms with Crippen molar-refractivity contribution in [1.29, 1.82) is 0 Å². The molecule has 1 atom stereocenters. The first kappa shape index (κ1) is 12.0. The Kier molecular flexibility index (Phi) is 3.71. The topological polar surface area (TPSA) is 54.9 Å². The zero-order chi connectivity index (χ0) is 12.3. The average Bonchev–Trinajstić information content (AvgIpc) is 2.77. The number of amides is 1. The van der Waals surface area contributed by atoms with Gasteiger partial charge in [0, 0.05) is 0 Å². The first-order valence-corrected chi connectivity index (χ1v) is 6.21. The van der Waals surface area contributed by atoms with E-state index in [2.05, 4.69) is 15.5 Å². The number of hydrogen-bond donors (Lipinski definition) is 1. The molecule has 2 rings (SSSR count). The van der Waals surface area contributed by atoms with Crippen LogP contribution >= 0.6 is 22.9 Å². The van der Waals surface area contributed by atoms with Crippen molar-refractivity contribution < 1.29 is 4.79 Å². The molecule has 0 spiro atoms. The van der Waals surface area contributed by atoms with Crippen LogP contribution in [0.4, 0.5) is 0 Å². The number of carbonyl (C=O) groups excluding carboxylic acids is 1. The molecule has 88 valence electrons. The van der Waals surface area contributed by atoms with E-state index in [4.69, 9.17) is 11.6 Å². The minimum absolute atomic E-state index is 0.0774. The predicted octanol–water partition coefficient (Wildman–Crippen LogP) is 2.68. The van der Waals surface area contributed by atoms with E-state index >= 15 is 0 Å². The van der Waals surface area contributed by atoms with Gasteiger partial charge in [0.1, 0.15) is 0 Å². The number of carbonyl (C=O) groups is 1. The fourth-order valence-corrected chi connectivity index (χ4v) is 2.11. The zero-order valence-corrected chi connectivity index (χ0v) is 10.6. The molecule has 0 unspecified atom stereocenters. The number of halogens is 1. The minimum atomic E-state index is -0.259. The van der Waals surface area contributed by atoms with Crippen LogP contribution in [0.25, 0.3) is 0 Å². The van der Waals surface area contributed by atoms with Crippen LogP contribution in [0.5, 0.6) is 0 Å². The second-order valence-corrected chi connectivity index (χ2v) is 5.03. The summed E-state index contributed by atoms with van der Waals surface area (Å²) >= 11 is 6.69. The van der Waals surface area contributed by atoms with Crippen molar-refractivity contribution in [3.63, 3.8) is 0 Å². The van der Waals surface area contributed by atoms with Crippen LogP contribution in [0.2, 0.25) is 4.47 Å². The third-order valence-corrected chi connectivity index (χ3v) is 3.26. The summed E-state index contributed by atoms with van der Waals surface area (Å²) in [6, 6.07) is 9.63. The summed E-state index contributed by atoms with van der Waals surface area (Å²) in [5.41, 5.74) is 1.04. The second-order valence-electron chi connectivity index (χ2n) is 3.47. The van der Waals surface area contributed by atoms with Crippen LogP contribution < -0.4 is 5.32 Å². The number of benzene rings is 1. The van der Waals surface area contributed by atoms with E-state index in [0.29, 0.717) is 0 Å². The zero-order valence-electron chi connectivity index (χ0n) is 9.05. The summed E-state index contributed by atoms with van der Waals surface area (Å²) in [5, 5.41) is 10.4. The van der Waals surface area contributed by atoms with Gasteiger partial charge >= 0.3 is 0 Å². The van der Waals surface area contributed by atoms with E-state index in [0.717, 1.165) is 16.9 Å². The molecular weight excluding hydrogens is 258 g/mol. The van der Waals surface area contributed by atoms with E-state index in [1.807, 2.05) is 37.3 Å². The molecule has 1 aromatic carbocycles. The van der Waals surface area contributed by atoms with Gasteiger partial charge in [-0.05, 0) is 24.1 Å². The quantitative estimate of drug-likeness (QED) is 0.930. The Morgan fingerprint density at radius 3 is 2.65 bits per heavy atom. The monoisotopic (exact) mass is 267 g/mol. The normalized spacial score (nSPS) is 12.1. The van der Waals surface area contributed by atoms with Crippen molar-refractivity contribution in [3.8, 4) is 0 Å². The highest BCUT2D eigenvalue weighted by Gasteiger charge is 2.15. The molecule has 17 heavy (non-hydrogen) atoms.